The summed E-state index contributed by atoms with van der Waals surface area (Å²) in [7, 11) is 0. The van der Waals surface area contributed by atoms with E-state index < -0.39 is 23.8 Å². The van der Waals surface area contributed by atoms with Gasteiger partial charge in [0.25, 0.3) is 11.8 Å². The number of nitrogens with zero attached hydrogens (tertiary/aromatic N) is 2. The summed E-state index contributed by atoms with van der Waals surface area (Å²) in [5.74, 6) is -1.86. The predicted molar refractivity (Wildman–Crippen MR) is 89.2 cm³/mol. The van der Waals surface area contributed by atoms with Crippen molar-refractivity contribution in [3.8, 4) is 0 Å². The molecule has 0 aliphatic carbocycles. The van der Waals surface area contributed by atoms with Gasteiger partial charge in [0.1, 0.15) is 6.04 Å². The standard InChI is InChI=1S/C18H19N3O4/c22-15-7-6-14(16(23)19-15)21-17(24)12-5-4-11(10-13(12)18(21)25)20-8-2-1-3-9-20/h4-5,10,14H,1-3,6-9H2,(H,19,22,23)/t14-/m0/s1. The molecule has 130 valence electrons. The van der Waals surface area contributed by atoms with Crippen molar-refractivity contribution in [3.05, 3.63) is 29.3 Å². The molecule has 0 bridgehead atoms. The van der Waals surface area contributed by atoms with Crippen LogP contribution in [0.2, 0.25) is 0 Å². The number of benzene rings is 1. The van der Waals surface area contributed by atoms with Gasteiger partial charge in [-0.15, -0.1) is 0 Å². The Morgan fingerprint density at radius 3 is 2.36 bits per heavy atom. The van der Waals surface area contributed by atoms with E-state index in [-0.39, 0.29) is 18.7 Å². The van der Waals surface area contributed by atoms with Gasteiger partial charge in [-0.05, 0) is 43.9 Å². The Kier molecular flexibility index (Phi) is 3.78. The summed E-state index contributed by atoms with van der Waals surface area (Å²) in [4.78, 5) is 52.0. The molecule has 0 unspecified atom stereocenters. The molecule has 1 atom stereocenters. The van der Waals surface area contributed by atoms with E-state index in [4.69, 9.17) is 0 Å². The number of fused-ring (bicyclic) bond motifs is 1. The Bertz CT molecular complexity index is 783. The highest BCUT2D eigenvalue weighted by molar-refractivity contribution is 6.23. The summed E-state index contributed by atoms with van der Waals surface area (Å²) in [6.07, 6.45) is 3.75. The van der Waals surface area contributed by atoms with Crippen LogP contribution >= 0.6 is 0 Å². The van der Waals surface area contributed by atoms with Crippen LogP contribution in [0.1, 0.15) is 52.8 Å². The molecule has 1 aromatic carbocycles. The molecule has 0 aromatic heterocycles. The highest BCUT2D eigenvalue weighted by Gasteiger charge is 2.44. The number of hydrogen-bond acceptors (Lipinski definition) is 5. The minimum atomic E-state index is -0.913. The highest BCUT2D eigenvalue weighted by atomic mass is 16.2. The number of hydrogen-bond donors (Lipinski definition) is 1. The van der Waals surface area contributed by atoms with Crippen molar-refractivity contribution in [2.24, 2.45) is 0 Å². The number of piperidine rings is 2. The maximum Gasteiger partial charge on any atom is 0.262 e. The zero-order chi connectivity index (χ0) is 17.6. The van der Waals surface area contributed by atoms with E-state index in [1.807, 2.05) is 6.07 Å². The lowest BCUT2D eigenvalue weighted by molar-refractivity contribution is -0.136. The van der Waals surface area contributed by atoms with Gasteiger partial charge < -0.3 is 4.90 Å². The number of carbonyl (C=O) groups excluding carboxylic acids is 4. The maximum absolute atomic E-state index is 12.8. The van der Waals surface area contributed by atoms with E-state index >= 15 is 0 Å². The van der Waals surface area contributed by atoms with Crippen LogP contribution in [-0.2, 0) is 9.59 Å². The average molecular weight is 341 g/mol. The fourth-order valence-electron chi connectivity index (χ4n) is 3.81. The smallest absolute Gasteiger partial charge is 0.262 e. The number of imide groups is 2. The van der Waals surface area contributed by atoms with Gasteiger partial charge in [0.2, 0.25) is 11.8 Å². The van der Waals surface area contributed by atoms with E-state index in [9.17, 15) is 19.2 Å². The molecular weight excluding hydrogens is 322 g/mol. The molecule has 2 saturated heterocycles. The Morgan fingerprint density at radius 1 is 0.920 bits per heavy atom. The second-order valence-electron chi connectivity index (χ2n) is 6.72. The van der Waals surface area contributed by atoms with Crippen molar-refractivity contribution in [2.75, 3.05) is 18.0 Å². The van der Waals surface area contributed by atoms with Gasteiger partial charge in [-0.2, -0.15) is 0 Å². The number of amides is 4. The molecular formula is C18H19N3O4. The maximum atomic E-state index is 12.8. The molecule has 2 fully saturated rings. The molecule has 7 nitrogen and oxygen atoms in total. The molecule has 3 aliphatic heterocycles. The zero-order valence-electron chi connectivity index (χ0n) is 13.8. The molecule has 0 spiro atoms. The van der Waals surface area contributed by atoms with E-state index in [1.165, 1.54) is 6.42 Å². The lowest BCUT2D eigenvalue weighted by Crippen LogP contribution is -2.54. The Balaban J connectivity index is 1.63. The van der Waals surface area contributed by atoms with Crippen molar-refractivity contribution in [1.82, 2.24) is 10.2 Å². The lowest BCUT2D eigenvalue weighted by Gasteiger charge is -2.29. The summed E-state index contributed by atoms with van der Waals surface area (Å²) in [5.41, 5.74) is 1.61. The number of anilines is 1. The lowest BCUT2D eigenvalue weighted by atomic mass is 10.0. The van der Waals surface area contributed by atoms with Gasteiger partial charge in [0.05, 0.1) is 11.1 Å². The summed E-state index contributed by atoms with van der Waals surface area (Å²) < 4.78 is 0. The molecule has 3 heterocycles. The van der Waals surface area contributed by atoms with Gasteiger partial charge >= 0.3 is 0 Å². The van der Waals surface area contributed by atoms with Crippen LogP contribution in [-0.4, -0.2) is 47.7 Å². The monoisotopic (exact) mass is 341 g/mol. The van der Waals surface area contributed by atoms with Gasteiger partial charge in [-0.1, -0.05) is 0 Å². The van der Waals surface area contributed by atoms with E-state index in [1.54, 1.807) is 12.1 Å². The minimum absolute atomic E-state index is 0.128. The Hall–Kier alpha value is -2.70. The van der Waals surface area contributed by atoms with Crippen LogP contribution < -0.4 is 10.2 Å². The molecule has 0 radical (unpaired) electrons. The fraction of sp³-hybridized carbons (Fsp3) is 0.444. The molecule has 4 amide bonds. The van der Waals surface area contributed by atoms with Gasteiger partial charge in [-0.3, -0.25) is 29.4 Å². The van der Waals surface area contributed by atoms with Crippen molar-refractivity contribution in [1.29, 1.82) is 0 Å². The van der Waals surface area contributed by atoms with E-state index in [2.05, 4.69) is 10.2 Å². The van der Waals surface area contributed by atoms with Gasteiger partial charge in [-0.25, -0.2) is 0 Å². The van der Waals surface area contributed by atoms with Gasteiger partial charge in [0, 0.05) is 25.2 Å². The molecule has 0 saturated carbocycles. The van der Waals surface area contributed by atoms with Crippen LogP contribution in [0.4, 0.5) is 5.69 Å². The predicted octanol–water partition coefficient (Wildman–Crippen LogP) is 1.08. The highest BCUT2D eigenvalue weighted by Crippen LogP contribution is 2.31. The van der Waals surface area contributed by atoms with Crippen molar-refractivity contribution in [2.45, 2.75) is 38.1 Å². The Labute approximate surface area is 145 Å². The molecule has 1 N–H and O–H groups in total. The third kappa shape index (κ3) is 2.59. The molecule has 3 aliphatic rings. The third-order valence-electron chi connectivity index (χ3n) is 5.14. The largest absolute Gasteiger partial charge is 0.372 e. The van der Waals surface area contributed by atoms with Crippen LogP contribution in [0.15, 0.2) is 18.2 Å². The molecule has 4 rings (SSSR count). The second kappa shape index (κ2) is 5.98. The second-order valence-corrected chi connectivity index (χ2v) is 6.72. The van der Waals surface area contributed by atoms with E-state index in [0.29, 0.717) is 11.1 Å². The minimum Gasteiger partial charge on any atom is -0.372 e. The SMILES string of the molecule is O=C1CC[C@H](N2C(=O)c3ccc(N4CCCCC4)cc3C2=O)C(=O)N1. The first-order valence-electron chi connectivity index (χ1n) is 8.67. The van der Waals surface area contributed by atoms with E-state index in [0.717, 1.165) is 36.5 Å². The first-order chi connectivity index (χ1) is 12.1. The first kappa shape index (κ1) is 15.8. The van der Waals surface area contributed by atoms with Gasteiger partial charge in [0.15, 0.2) is 0 Å². The van der Waals surface area contributed by atoms with Crippen molar-refractivity contribution >= 4 is 29.3 Å². The Morgan fingerprint density at radius 2 is 1.64 bits per heavy atom. The normalized spacial score (nSPS) is 23.8. The van der Waals surface area contributed by atoms with Crippen LogP contribution in [0.25, 0.3) is 0 Å². The number of carbonyl (C=O) groups is 4. The zero-order valence-corrected chi connectivity index (χ0v) is 13.8. The summed E-state index contributed by atoms with van der Waals surface area (Å²) in [6.45, 7) is 1.88. The quantitative estimate of drug-likeness (QED) is 0.814. The summed E-state index contributed by atoms with van der Waals surface area (Å²) in [5, 5.41) is 2.21. The third-order valence-corrected chi connectivity index (χ3v) is 5.14. The molecule has 25 heavy (non-hydrogen) atoms. The topological polar surface area (TPSA) is 86.8 Å². The van der Waals surface area contributed by atoms with Crippen molar-refractivity contribution in [3.63, 3.8) is 0 Å². The van der Waals surface area contributed by atoms with Crippen LogP contribution in [0, 0.1) is 0 Å². The van der Waals surface area contributed by atoms with Crippen LogP contribution in [0.5, 0.6) is 0 Å². The average Bonchev–Trinajstić information content (AvgIpc) is 2.87. The molecule has 7 heteroatoms. The number of nitrogens with one attached hydrogen (secondary N) is 1. The van der Waals surface area contributed by atoms with Crippen molar-refractivity contribution < 1.29 is 19.2 Å². The van der Waals surface area contributed by atoms with Crippen LogP contribution in [0.3, 0.4) is 0 Å². The summed E-state index contributed by atoms with van der Waals surface area (Å²) in [6, 6.07) is 4.38. The fourth-order valence-corrected chi connectivity index (χ4v) is 3.81. The number of rotatable bonds is 2. The summed E-state index contributed by atoms with van der Waals surface area (Å²) >= 11 is 0. The molecule has 1 aromatic rings. The first-order valence-corrected chi connectivity index (χ1v) is 8.67.